The monoisotopic (exact) mass is 383 g/mol. The minimum absolute atomic E-state index is 0.249. The van der Waals surface area contributed by atoms with Gasteiger partial charge in [0.15, 0.2) is 0 Å². The van der Waals surface area contributed by atoms with E-state index >= 15 is 0 Å². The second-order valence-corrected chi connectivity index (χ2v) is 7.82. The van der Waals surface area contributed by atoms with Crippen molar-refractivity contribution in [1.82, 2.24) is 4.31 Å². The number of methoxy groups -OCH3 is 2. The van der Waals surface area contributed by atoms with E-state index < -0.39 is 32.6 Å². The number of hydrogen-bond donors (Lipinski definition) is 0. The summed E-state index contributed by atoms with van der Waals surface area (Å²) in [6, 6.07) is 7.13. The summed E-state index contributed by atoms with van der Waals surface area (Å²) < 4.78 is 65.0. The molecule has 140 valence electrons. The van der Waals surface area contributed by atoms with Crippen LogP contribution >= 0.6 is 0 Å². The van der Waals surface area contributed by atoms with Crippen molar-refractivity contribution < 1.29 is 26.7 Å². The molecule has 1 atom stereocenters. The molecule has 26 heavy (non-hydrogen) atoms. The Balaban J connectivity index is 2.03. The predicted molar refractivity (Wildman–Crippen MR) is 91.8 cm³/mol. The third-order valence-corrected chi connectivity index (χ3v) is 6.43. The molecule has 5 nitrogen and oxygen atoms in total. The quantitative estimate of drug-likeness (QED) is 0.793. The molecule has 0 bridgehead atoms. The summed E-state index contributed by atoms with van der Waals surface area (Å²) in [6.07, 6.45) is 1.20. The van der Waals surface area contributed by atoms with Gasteiger partial charge in [0.1, 0.15) is 28.0 Å². The van der Waals surface area contributed by atoms with Crippen molar-refractivity contribution in [3.05, 3.63) is 53.6 Å². The second kappa shape index (κ2) is 7.20. The van der Waals surface area contributed by atoms with Crippen molar-refractivity contribution in [2.45, 2.75) is 23.8 Å². The van der Waals surface area contributed by atoms with E-state index in [-0.39, 0.29) is 6.54 Å². The number of rotatable bonds is 5. The number of nitrogens with zero attached hydrogens (tertiary/aromatic N) is 1. The molecule has 8 heteroatoms. The molecule has 0 aliphatic carbocycles. The molecule has 0 radical (unpaired) electrons. The van der Waals surface area contributed by atoms with Crippen molar-refractivity contribution in [2.24, 2.45) is 0 Å². The molecule has 0 amide bonds. The Labute approximate surface area is 151 Å². The van der Waals surface area contributed by atoms with Crippen LogP contribution in [-0.2, 0) is 10.0 Å². The SMILES string of the molecule is COc1ccc(C2CCCN2S(=O)(=O)c2ccc(F)cc2F)c(OC)c1. The summed E-state index contributed by atoms with van der Waals surface area (Å²) in [6.45, 7) is 0.249. The lowest BCUT2D eigenvalue weighted by Gasteiger charge is -2.26. The number of ether oxygens (including phenoxy) is 2. The molecule has 0 spiro atoms. The fraction of sp³-hybridized carbons (Fsp3) is 0.333. The smallest absolute Gasteiger partial charge is 0.246 e. The van der Waals surface area contributed by atoms with Crippen LogP contribution in [-0.4, -0.2) is 33.5 Å². The van der Waals surface area contributed by atoms with Crippen LogP contribution in [0, 0.1) is 11.6 Å². The average molecular weight is 383 g/mol. The molecule has 1 saturated heterocycles. The number of halogens is 2. The Kier molecular flexibility index (Phi) is 5.15. The summed E-state index contributed by atoms with van der Waals surface area (Å²) in [7, 11) is -1.10. The van der Waals surface area contributed by atoms with Gasteiger partial charge in [0.05, 0.1) is 20.3 Å². The third-order valence-electron chi connectivity index (χ3n) is 4.48. The van der Waals surface area contributed by atoms with Crippen LogP contribution in [0.15, 0.2) is 41.3 Å². The van der Waals surface area contributed by atoms with Crippen molar-refractivity contribution in [2.75, 3.05) is 20.8 Å². The normalized spacial score (nSPS) is 18.1. The highest BCUT2D eigenvalue weighted by Crippen LogP contribution is 2.41. The Morgan fingerprint density at radius 2 is 1.85 bits per heavy atom. The lowest BCUT2D eigenvalue weighted by Crippen LogP contribution is -2.31. The highest BCUT2D eigenvalue weighted by Gasteiger charge is 2.38. The molecule has 3 rings (SSSR count). The van der Waals surface area contributed by atoms with Gasteiger partial charge in [-0.05, 0) is 31.0 Å². The fourth-order valence-corrected chi connectivity index (χ4v) is 4.96. The van der Waals surface area contributed by atoms with E-state index in [1.807, 2.05) is 0 Å². The van der Waals surface area contributed by atoms with Crippen LogP contribution in [0.5, 0.6) is 11.5 Å². The van der Waals surface area contributed by atoms with E-state index in [4.69, 9.17) is 9.47 Å². The maximum atomic E-state index is 14.1. The summed E-state index contributed by atoms with van der Waals surface area (Å²) in [5, 5.41) is 0. The maximum Gasteiger partial charge on any atom is 0.246 e. The predicted octanol–water partition coefficient (Wildman–Crippen LogP) is 3.51. The summed E-state index contributed by atoms with van der Waals surface area (Å²) in [5.74, 6) is -0.841. The van der Waals surface area contributed by atoms with Crippen LogP contribution < -0.4 is 9.47 Å². The van der Waals surface area contributed by atoms with E-state index in [1.165, 1.54) is 18.5 Å². The van der Waals surface area contributed by atoms with Gasteiger partial charge in [-0.25, -0.2) is 17.2 Å². The zero-order chi connectivity index (χ0) is 18.9. The van der Waals surface area contributed by atoms with Gasteiger partial charge in [0, 0.05) is 24.2 Å². The van der Waals surface area contributed by atoms with E-state index in [9.17, 15) is 17.2 Å². The third kappa shape index (κ3) is 3.26. The van der Waals surface area contributed by atoms with Gasteiger partial charge in [-0.3, -0.25) is 0 Å². The molecule has 0 saturated carbocycles. The highest BCUT2D eigenvalue weighted by atomic mass is 32.2. The zero-order valence-corrected chi connectivity index (χ0v) is 15.2. The minimum atomic E-state index is -4.12. The minimum Gasteiger partial charge on any atom is -0.497 e. The second-order valence-electron chi connectivity index (χ2n) is 5.96. The molecule has 2 aromatic carbocycles. The van der Waals surface area contributed by atoms with Crippen molar-refractivity contribution in [1.29, 1.82) is 0 Å². The van der Waals surface area contributed by atoms with Crippen molar-refractivity contribution in [3.63, 3.8) is 0 Å². The fourth-order valence-electron chi connectivity index (χ4n) is 3.24. The lowest BCUT2D eigenvalue weighted by atomic mass is 10.0. The van der Waals surface area contributed by atoms with E-state index in [0.29, 0.717) is 36.0 Å². The standard InChI is InChI=1S/C18H19F2NO4S/c1-24-13-6-7-14(17(11-13)25-2)16-4-3-9-21(16)26(22,23)18-8-5-12(19)10-15(18)20/h5-8,10-11,16H,3-4,9H2,1-2H3. The van der Waals surface area contributed by atoms with Gasteiger partial charge in [-0.15, -0.1) is 0 Å². The van der Waals surface area contributed by atoms with Crippen LogP contribution in [0.2, 0.25) is 0 Å². The number of sulfonamides is 1. The van der Waals surface area contributed by atoms with Gasteiger partial charge in [0.25, 0.3) is 0 Å². The molecule has 1 unspecified atom stereocenters. The molecular formula is C18H19F2NO4S. The molecule has 0 N–H and O–H groups in total. The van der Waals surface area contributed by atoms with E-state index in [2.05, 4.69) is 0 Å². The van der Waals surface area contributed by atoms with Gasteiger partial charge in [-0.2, -0.15) is 4.31 Å². The topological polar surface area (TPSA) is 55.8 Å². The highest BCUT2D eigenvalue weighted by molar-refractivity contribution is 7.89. The van der Waals surface area contributed by atoms with Crippen LogP contribution in [0.3, 0.4) is 0 Å². The summed E-state index contributed by atoms with van der Waals surface area (Å²) in [4.78, 5) is -0.529. The van der Waals surface area contributed by atoms with Gasteiger partial charge in [0.2, 0.25) is 10.0 Å². The van der Waals surface area contributed by atoms with Gasteiger partial charge >= 0.3 is 0 Å². The van der Waals surface area contributed by atoms with Crippen molar-refractivity contribution >= 4 is 10.0 Å². The van der Waals surface area contributed by atoms with E-state index in [1.54, 1.807) is 18.2 Å². The van der Waals surface area contributed by atoms with E-state index in [0.717, 1.165) is 12.1 Å². The average Bonchev–Trinajstić information content (AvgIpc) is 3.11. The Hall–Kier alpha value is -2.19. The molecule has 1 fully saturated rings. The van der Waals surface area contributed by atoms with Crippen LogP contribution in [0.4, 0.5) is 8.78 Å². The Morgan fingerprint density at radius 1 is 1.08 bits per heavy atom. The largest absolute Gasteiger partial charge is 0.497 e. The first-order valence-electron chi connectivity index (χ1n) is 8.07. The molecule has 0 aromatic heterocycles. The van der Waals surface area contributed by atoms with Gasteiger partial charge < -0.3 is 9.47 Å². The molecular weight excluding hydrogens is 364 g/mol. The van der Waals surface area contributed by atoms with Crippen LogP contribution in [0.25, 0.3) is 0 Å². The summed E-state index contributed by atoms with van der Waals surface area (Å²) >= 11 is 0. The molecule has 2 aromatic rings. The Morgan fingerprint density at radius 3 is 2.50 bits per heavy atom. The molecule has 1 heterocycles. The summed E-state index contributed by atoms with van der Waals surface area (Å²) in [5.41, 5.74) is 0.678. The first kappa shape index (κ1) is 18.6. The number of benzene rings is 2. The first-order valence-corrected chi connectivity index (χ1v) is 9.51. The maximum absolute atomic E-state index is 14.1. The number of hydrogen-bond acceptors (Lipinski definition) is 4. The zero-order valence-electron chi connectivity index (χ0n) is 14.4. The van der Waals surface area contributed by atoms with Crippen LogP contribution in [0.1, 0.15) is 24.4 Å². The van der Waals surface area contributed by atoms with Gasteiger partial charge in [-0.1, -0.05) is 6.07 Å². The molecule has 1 aliphatic rings. The first-order chi connectivity index (χ1) is 12.4. The Bertz CT molecular complexity index is 917. The van der Waals surface area contributed by atoms with Crippen molar-refractivity contribution in [3.8, 4) is 11.5 Å². The molecule has 1 aliphatic heterocycles. The lowest BCUT2D eigenvalue weighted by molar-refractivity contribution is 0.360.